The highest BCUT2D eigenvalue weighted by atomic mass is 16.5. The predicted octanol–water partition coefficient (Wildman–Crippen LogP) is 2.47. The normalized spacial score (nSPS) is 25.4. The number of fused-ring (bicyclic) bond motifs is 1. The standard InChI is InChI=1S/C12H17NO/c1-7-4-5-8(2)12-11(7)10(13)6-9(3)14-12/h4-5,9-10H,6,13H2,1-3H3. The molecule has 2 unspecified atom stereocenters. The summed E-state index contributed by atoms with van der Waals surface area (Å²) in [5.74, 6) is 1.01. The highest BCUT2D eigenvalue weighted by Gasteiger charge is 2.25. The van der Waals surface area contributed by atoms with Crippen LogP contribution in [0, 0.1) is 13.8 Å². The zero-order valence-electron chi connectivity index (χ0n) is 9.00. The van der Waals surface area contributed by atoms with Crippen molar-refractivity contribution in [1.29, 1.82) is 0 Å². The number of rotatable bonds is 0. The van der Waals surface area contributed by atoms with Gasteiger partial charge in [0.15, 0.2) is 0 Å². The van der Waals surface area contributed by atoms with Crippen molar-refractivity contribution < 1.29 is 4.74 Å². The van der Waals surface area contributed by atoms with Crippen molar-refractivity contribution in [2.24, 2.45) is 5.73 Å². The van der Waals surface area contributed by atoms with Gasteiger partial charge >= 0.3 is 0 Å². The van der Waals surface area contributed by atoms with Crippen LogP contribution in [-0.2, 0) is 0 Å². The molecule has 0 radical (unpaired) electrons. The molecule has 0 fully saturated rings. The summed E-state index contributed by atoms with van der Waals surface area (Å²) in [6, 6.07) is 4.35. The highest BCUT2D eigenvalue weighted by molar-refractivity contribution is 5.48. The maximum Gasteiger partial charge on any atom is 0.127 e. The molecule has 2 rings (SSSR count). The van der Waals surface area contributed by atoms with Crippen molar-refractivity contribution in [3.63, 3.8) is 0 Å². The number of aryl methyl sites for hydroxylation is 2. The van der Waals surface area contributed by atoms with Crippen LogP contribution in [0.2, 0.25) is 0 Å². The number of nitrogens with two attached hydrogens (primary N) is 1. The fourth-order valence-corrected chi connectivity index (χ4v) is 2.15. The Morgan fingerprint density at radius 3 is 2.64 bits per heavy atom. The third kappa shape index (κ3) is 1.40. The summed E-state index contributed by atoms with van der Waals surface area (Å²) in [4.78, 5) is 0. The Morgan fingerprint density at radius 2 is 1.93 bits per heavy atom. The van der Waals surface area contributed by atoms with Crippen LogP contribution in [0.15, 0.2) is 12.1 Å². The molecule has 1 aromatic rings. The molecule has 0 amide bonds. The molecular formula is C12H17NO. The summed E-state index contributed by atoms with van der Waals surface area (Å²) in [5, 5.41) is 0. The van der Waals surface area contributed by atoms with Crippen LogP contribution in [0.1, 0.15) is 36.1 Å². The molecule has 2 heteroatoms. The average Bonchev–Trinajstić information content (AvgIpc) is 2.10. The van der Waals surface area contributed by atoms with Crippen LogP contribution < -0.4 is 10.5 Å². The van der Waals surface area contributed by atoms with Gasteiger partial charge in [-0.05, 0) is 31.9 Å². The first kappa shape index (κ1) is 9.53. The van der Waals surface area contributed by atoms with E-state index < -0.39 is 0 Å². The van der Waals surface area contributed by atoms with Gasteiger partial charge < -0.3 is 10.5 Å². The fourth-order valence-electron chi connectivity index (χ4n) is 2.15. The zero-order valence-corrected chi connectivity index (χ0v) is 9.00. The first-order valence-corrected chi connectivity index (χ1v) is 5.12. The fraction of sp³-hybridized carbons (Fsp3) is 0.500. The van der Waals surface area contributed by atoms with E-state index in [1.54, 1.807) is 0 Å². The maximum absolute atomic E-state index is 6.13. The van der Waals surface area contributed by atoms with E-state index in [-0.39, 0.29) is 12.1 Å². The minimum Gasteiger partial charge on any atom is -0.490 e. The monoisotopic (exact) mass is 191 g/mol. The second kappa shape index (κ2) is 3.28. The van der Waals surface area contributed by atoms with Crippen LogP contribution in [-0.4, -0.2) is 6.10 Å². The predicted molar refractivity (Wildman–Crippen MR) is 57.6 cm³/mol. The van der Waals surface area contributed by atoms with Crippen molar-refractivity contribution in [3.05, 3.63) is 28.8 Å². The van der Waals surface area contributed by atoms with E-state index in [0.717, 1.165) is 12.2 Å². The lowest BCUT2D eigenvalue weighted by Gasteiger charge is -2.30. The number of ether oxygens (including phenoxy) is 1. The SMILES string of the molecule is Cc1ccc(C)c2c1OC(C)CC2N. The number of hydrogen-bond acceptors (Lipinski definition) is 2. The number of benzene rings is 1. The van der Waals surface area contributed by atoms with Gasteiger partial charge in [-0.15, -0.1) is 0 Å². The van der Waals surface area contributed by atoms with E-state index >= 15 is 0 Å². The van der Waals surface area contributed by atoms with E-state index in [1.165, 1.54) is 16.7 Å². The summed E-state index contributed by atoms with van der Waals surface area (Å²) in [5.41, 5.74) is 9.75. The minimum absolute atomic E-state index is 0.133. The molecule has 0 spiro atoms. The molecule has 2 N–H and O–H groups in total. The lowest BCUT2D eigenvalue weighted by atomic mass is 9.92. The van der Waals surface area contributed by atoms with Crippen LogP contribution >= 0.6 is 0 Å². The first-order valence-electron chi connectivity index (χ1n) is 5.12. The molecule has 1 aliphatic heterocycles. The molecule has 2 nitrogen and oxygen atoms in total. The molecule has 1 aromatic carbocycles. The van der Waals surface area contributed by atoms with Crippen molar-refractivity contribution in [2.45, 2.75) is 39.3 Å². The van der Waals surface area contributed by atoms with E-state index in [1.807, 2.05) is 0 Å². The van der Waals surface area contributed by atoms with Gasteiger partial charge in [0, 0.05) is 18.0 Å². The smallest absolute Gasteiger partial charge is 0.127 e. The Balaban J connectivity index is 2.57. The second-order valence-electron chi connectivity index (χ2n) is 4.21. The summed E-state index contributed by atoms with van der Waals surface area (Å²) >= 11 is 0. The maximum atomic E-state index is 6.13. The lowest BCUT2D eigenvalue weighted by Crippen LogP contribution is -2.28. The minimum atomic E-state index is 0.133. The average molecular weight is 191 g/mol. The van der Waals surface area contributed by atoms with Crippen molar-refractivity contribution in [1.82, 2.24) is 0 Å². The molecule has 0 aromatic heterocycles. The molecule has 0 bridgehead atoms. The van der Waals surface area contributed by atoms with E-state index in [0.29, 0.717) is 0 Å². The number of hydrogen-bond donors (Lipinski definition) is 1. The highest BCUT2D eigenvalue weighted by Crippen LogP contribution is 2.37. The van der Waals surface area contributed by atoms with E-state index in [9.17, 15) is 0 Å². The van der Waals surface area contributed by atoms with Crippen LogP contribution in [0.5, 0.6) is 5.75 Å². The van der Waals surface area contributed by atoms with Gasteiger partial charge in [-0.3, -0.25) is 0 Å². The van der Waals surface area contributed by atoms with Gasteiger partial charge in [0.2, 0.25) is 0 Å². The van der Waals surface area contributed by atoms with Crippen LogP contribution in [0.3, 0.4) is 0 Å². The molecule has 14 heavy (non-hydrogen) atoms. The van der Waals surface area contributed by atoms with Crippen LogP contribution in [0.4, 0.5) is 0 Å². The molecule has 76 valence electrons. The summed E-state index contributed by atoms with van der Waals surface area (Å²) in [6.07, 6.45) is 1.15. The Bertz CT molecular complexity index is 360. The van der Waals surface area contributed by atoms with E-state index in [4.69, 9.17) is 10.5 Å². The Labute approximate surface area is 85.1 Å². The first-order chi connectivity index (χ1) is 6.59. The second-order valence-corrected chi connectivity index (χ2v) is 4.21. The molecule has 1 aliphatic rings. The Morgan fingerprint density at radius 1 is 1.29 bits per heavy atom. The van der Waals surface area contributed by atoms with Gasteiger partial charge in [-0.2, -0.15) is 0 Å². The molecule has 2 atom stereocenters. The zero-order chi connectivity index (χ0) is 10.3. The molecule has 0 saturated heterocycles. The van der Waals surface area contributed by atoms with Crippen LogP contribution in [0.25, 0.3) is 0 Å². The summed E-state index contributed by atoms with van der Waals surface area (Å²) in [7, 11) is 0. The summed E-state index contributed by atoms with van der Waals surface area (Å²) in [6.45, 7) is 6.24. The third-order valence-electron chi connectivity index (χ3n) is 2.89. The van der Waals surface area contributed by atoms with Crippen molar-refractivity contribution in [2.75, 3.05) is 0 Å². The van der Waals surface area contributed by atoms with E-state index in [2.05, 4.69) is 32.9 Å². The molecule has 0 saturated carbocycles. The largest absolute Gasteiger partial charge is 0.490 e. The third-order valence-corrected chi connectivity index (χ3v) is 2.89. The summed E-state index contributed by atoms with van der Waals surface area (Å²) < 4.78 is 5.83. The lowest BCUT2D eigenvalue weighted by molar-refractivity contribution is 0.175. The van der Waals surface area contributed by atoms with Gasteiger partial charge in [-0.1, -0.05) is 12.1 Å². The van der Waals surface area contributed by atoms with Gasteiger partial charge in [0.1, 0.15) is 5.75 Å². The van der Waals surface area contributed by atoms with Gasteiger partial charge in [0.05, 0.1) is 6.10 Å². The van der Waals surface area contributed by atoms with Crippen molar-refractivity contribution in [3.8, 4) is 5.75 Å². The Kier molecular flexibility index (Phi) is 2.23. The van der Waals surface area contributed by atoms with Gasteiger partial charge in [-0.25, -0.2) is 0 Å². The van der Waals surface area contributed by atoms with Gasteiger partial charge in [0.25, 0.3) is 0 Å². The molecular weight excluding hydrogens is 174 g/mol. The molecule has 1 heterocycles. The quantitative estimate of drug-likeness (QED) is 0.683. The Hall–Kier alpha value is -1.02. The topological polar surface area (TPSA) is 35.2 Å². The molecule has 0 aliphatic carbocycles. The van der Waals surface area contributed by atoms with Crippen molar-refractivity contribution >= 4 is 0 Å².